The highest BCUT2D eigenvalue weighted by Gasteiger charge is 2.16. The topological polar surface area (TPSA) is 84.0 Å². The molecule has 1 atom stereocenters. The molecule has 0 aliphatic rings. The number of sulfonamides is 1. The van der Waals surface area contributed by atoms with Crippen molar-refractivity contribution >= 4 is 31.8 Å². The Balaban J connectivity index is 2.29. The van der Waals surface area contributed by atoms with Crippen LogP contribution in [0.1, 0.15) is 18.5 Å². The lowest BCUT2D eigenvalue weighted by Gasteiger charge is -2.12. The molecule has 8 heteroatoms. The Bertz CT molecular complexity index is 719. The monoisotopic (exact) mass is 370 g/mol. The van der Waals surface area contributed by atoms with Crippen LogP contribution in [0.15, 0.2) is 46.2 Å². The van der Waals surface area contributed by atoms with Gasteiger partial charge in [0.15, 0.2) is 5.82 Å². The van der Waals surface area contributed by atoms with E-state index in [1.807, 2.05) is 20.0 Å². The lowest BCUT2D eigenvalue weighted by atomic mass is 10.1. The molecule has 0 saturated heterocycles. The molecule has 112 valence electrons. The number of aromatic nitrogens is 2. The van der Waals surface area contributed by atoms with E-state index in [0.717, 1.165) is 5.56 Å². The summed E-state index contributed by atoms with van der Waals surface area (Å²) in [5.41, 5.74) is 0.891. The van der Waals surface area contributed by atoms with E-state index in [9.17, 15) is 8.42 Å². The van der Waals surface area contributed by atoms with Crippen molar-refractivity contribution in [2.75, 3.05) is 11.8 Å². The smallest absolute Gasteiger partial charge is 0.263 e. The molecule has 1 aromatic carbocycles. The predicted octanol–water partition coefficient (Wildman–Crippen LogP) is 2.32. The number of anilines is 1. The molecule has 0 bridgehead atoms. The first-order valence-electron chi connectivity index (χ1n) is 6.20. The Kier molecular flexibility index (Phi) is 4.92. The molecule has 1 aromatic heterocycles. The van der Waals surface area contributed by atoms with E-state index in [1.165, 1.54) is 12.4 Å². The molecule has 1 heterocycles. The highest BCUT2D eigenvalue weighted by atomic mass is 79.9. The Morgan fingerprint density at radius 3 is 2.62 bits per heavy atom. The highest BCUT2D eigenvalue weighted by molar-refractivity contribution is 9.10. The minimum atomic E-state index is -3.69. The van der Waals surface area contributed by atoms with E-state index in [2.05, 4.69) is 35.9 Å². The van der Waals surface area contributed by atoms with Gasteiger partial charge in [-0.2, -0.15) is 0 Å². The minimum absolute atomic E-state index is 0.0626. The summed E-state index contributed by atoms with van der Waals surface area (Å²) in [6, 6.07) is 6.83. The van der Waals surface area contributed by atoms with E-state index in [-0.39, 0.29) is 16.8 Å². The lowest BCUT2D eigenvalue weighted by Crippen LogP contribution is -2.16. The van der Waals surface area contributed by atoms with Crippen LogP contribution < -0.4 is 10.0 Å². The predicted molar refractivity (Wildman–Crippen MR) is 84.5 cm³/mol. The number of nitrogens with zero attached hydrogens (tertiary/aromatic N) is 2. The van der Waals surface area contributed by atoms with Gasteiger partial charge in [-0.25, -0.2) is 18.4 Å². The Morgan fingerprint density at radius 1 is 1.24 bits per heavy atom. The van der Waals surface area contributed by atoms with Crippen molar-refractivity contribution in [3.8, 4) is 0 Å². The van der Waals surface area contributed by atoms with Crippen LogP contribution in [0.25, 0.3) is 0 Å². The number of benzene rings is 1. The maximum atomic E-state index is 12.3. The van der Waals surface area contributed by atoms with Gasteiger partial charge >= 0.3 is 0 Å². The molecule has 0 aliphatic carbocycles. The first kappa shape index (κ1) is 15.9. The number of nitrogens with one attached hydrogen (secondary N) is 2. The zero-order valence-electron chi connectivity index (χ0n) is 11.5. The normalized spacial score (nSPS) is 12.9. The fourth-order valence-corrected chi connectivity index (χ4v) is 2.93. The van der Waals surface area contributed by atoms with Crippen molar-refractivity contribution < 1.29 is 8.42 Å². The molecule has 0 radical (unpaired) electrons. The molecule has 2 rings (SSSR count). The van der Waals surface area contributed by atoms with Crippen LogP contribution in [0.4, 0.5) is 5.82 Å². The standard InChI is InChI=1S/C13H15BrN4O2S/c1-9(15-2)10-4-3-5-11(6-10)21(19,20)18-13-8-16-12(14)7-17-13/h3-9,15H,1-2H3,(H,17,18). The van der Waals surface area contributed by atoms with Crippen LogP contribution in [0.3, 0.4) is 0 Å². The SMILES string of the molecule is CNC(C)c1cccc(S(=O)(=O)Nc2cnc(Br)cn2)c1. The Morgan fingerprint density at radius 2 is 2.00 bits per heavy atom. The van der Waals surface area contributed by atoms with Crippen LogP contribution in [0.2, 0.25) is 0 Å². The molecular formula is C13H15BrN4O2S. The van der Waals surface area contributed by atoms with Gasteiger partial charge in [-0.15, -0.1) is 0 Å². The lowest BCUT2D eigenvalue weighted by molar-refractivity contribution is 0.600. The number of rotatable bonds is 5. The minimum Gasteiger partial charge on any atom is -0.313 e. The number of hydrogen-bond donors (Lipinski definition) is 2. The zero-order chi connectivity index (χ0) is 15.5. The van der Waals surface area contributed by atoms with Crippen molar-refractivity contribution in [2.24, 2.45) is 0 Å². The third-order valence-corrected chi connectivity index (χ3v) is 4.72. The average molecular weight is 371 g/mol. The summed E-state index contributed by atoms with van der Waals surface area (Å²) in [4.78, 5) is 8.07. The molecule has 0 amide bonds. The van der Waals surface area contributed by atoms with E-state index in [0.29, 0.717) is 4.60 Å². The van der Waals surface area contributed by atoms with Gasteiger partial charge in [0, 0.05) is 6.04 Å². The largest absolute Gasteiger partial charge is 0.313 e. The molecule has 6 nitrogen and oxygen atoms in total. The zero-order valence-corrected chi connectivity index (χ0v) is 13.9. The average Bonchev–Trinajstić information content (AvgIpc) is 2.49. The molecule has 0 aliphatic heterocycles. The van der Waals surface area contributed by atoms with Crippen molar-refractivity contribution in [3.05, 3.63) is 46.8 Å². The second-order valence-corrected chi connectivity index (χ2v) is 6.91. The summed E-state index contributed by atoms with van der Waals surface area (Å²) in [5.74, 6) is 0.172. The van der Waals surface area contributed by atoms with Crippen LogP contribution in [0.5, 0.6) is 0 Å². The molecule has 2 aromatic rings. The molecule has 0 spiro atoms. The van der Waals surface area contributed by atoms with Crippen molar-refractivity contribution in [3.63, 3.8) is 0 Å². The Hall–Kier alpha value is -1.51. The summed E-state index contributed by atoms with van der Waals surface area (Å²) in [7, 11) is -1.87. The summed E-state index contributed by atoms with van der Waals surface area (Å²) in [5, 5.41) is 3.07. The van der Waals surface area contributed by atoms with Gasteiger partial charge in [-0.05, 0) is 47.6 Å². The Labute approximate surface area is 132 Å². The van der Waals surface area contributed by atoms with E-state index in [1.54, 1.807) is 18.2 Å². The molecule has 1 unspecified atom stereocenters. The fraction of sp³-hybridized carbons (Fsp3) is 0.231. The van der Waals surface area contributed by atoms with Gasteiger partial charge in [-0.1, -0.05) is 12.1 Å². The second kappa shape index (κ2) is 6.50. The highest BCUT2D eigenvalue weighted by Crippen LogP contribution is 2.19. The van der Waals surface area contributed by atoms with Crippen molar-refractivity contribution in [2.45, 2.75) is 17.9 Å². The fourth-order valence-electron chi connectivity index (χ4n) is 1.68. The van der Waals surface area contributed by atoms with Gasteiger partial charge in [0.25, 0.3) is 10.0 Å². The first-order chi connectivity index (χ1) is 9.92. The van der Waals surface area contributed by atoms with E-state index >= 15 is 0 Å². The second-order valence-electron chi connectivity index (χ2n) is 4.41. The molecule has 2 N–H and O–H groups in total. The maximum Gasteiger partial charge on any atom is 0.263 e. The van der Waals surface area contributed by atoms with Crippen LogP contribution in [-0.2, 0) is 10.0 Å². The summed E-state index contributed by atoms with van der Waals surface area (Å²) in [6.45, 7) is 1.96. The molecule has 21 heavy (non-hydrogen) atoms. The van der Waals surface area contributed by atoms with Crippen LogP contribution in [-0.4, -0.2) is 25.4 Å². The molecule has 0 fully saturated rings. The van der Waals surface area contributed by atoms with Crippen LogP contribution >= 0.6 is 15.9 Å². The van der Waals surface area contributed by atoms with Gasteiger partial charge in [0.1, 0.15) is 4.60 Å². The summed E-state index contributed by atoms with van der Waals surface area (Å²) in [6.07, 6.45) is 2.78. The van der Waals surface area contributed by atoms with Gasteiger partial charge < -0.3 is 5.32 Å². The van der Waals surface area contributed by atoms with E-state index in [4.69, 9.17) is 0 Å². The third kappa shape index (κ3) is 3.99. The number of halogens is 1. The van der Waals surface area contributed by atoms with Gasteiger partial charge in [0.05, 0.1) is 17.3 Å². The molecule has 0 saturated carbocycles. The third-order valence-electron chi connectivity index (χ3n) is 2.96. The quantitative estimate of drug-likeness (QED) is 0.843. The van der Waals surface area contributed by atoms with Crippen LogP contribution in [0, 0.1) is 0 Å². The maximum absolute atomic E-state index is 12.3. The van der Waals surface area contributed by atoms with Crippen molar-refractivity contribution in [1.82, 2.24) is 15.3 Å². The van der Waals surface area contributed by atoms with Crippen molar-refractivity contribution in [1.29, 1.82) is 0 Å². The van der Waals surface area contributed by atoms with E-state index < -0.39 is 10.0 Å². The van der Waals surface area contributed by atoms with Gasteiger partial charge in [0.2, 0.25) is 0 Å². The van der Waals surface area contributed by atoms with Gasteiger partial charge in [-0.3, -0.25) is 4.72 Å². The summed E-state index contributed by atoms with van der Waals surface area (Å²) >= 11 is 3.15. The molecular weight excluding hydrogens is 356 g/mol. The first-order valence-corrected chi connectivity index (χ1v) is 8.47. The number of hydrogen-bond acceptors (Lipinski definition) is 5. The summed E-state index contributed by atoms with van der Waals surface area (Å²) < 4.78 is 27.6.